The maximum atomic E-state index is 12.2. The number of hydrazone groups is 1. The van der Waals surface area contributed by atoms with Crippen LogP contribution in [0.4, 0.5) is 0 Å². The van der Waals surface area contributed by atoms with E-state index < -0.39 is 0 Å². The largest absolute Gasteiger partial charge is 0.494 e. The van der Waals surface area contributed by atoms with Crippen molar-refractivity contribution in [3.05, 3.63) is 70.9 Å². The quantitative estimate of drug-likeness (QED) is 0.587. The van der Waals surface area contributed by atoms with E-state index in [0.717, 1.165) is 33.5 Å². The van der Waals surface area contributed by atoms with Crippen molar-refractivity contribution in [2.45, 2.75) is 26.3 Å². The molecule has 1 aromatic heterocycles. The molecule has 0 saturated heterocycles. The van der Waals surface area contributed by atoms with E-state index in [0.29, 0.717) is 18.2 Å². The van der Waals surface area contributed by atoms with Gasteiger partial charge in [-0.15, -0.1) is 0 Å². The lowest BCUT2D eigenvalue weighted by Gasteiger charge is -2.21. The molecule has 1 amide bonds. The fourth-order valence-corrected chi connectivity index (χ4v) is 3.75. The first-order valence-corrected chi connectivity index (χ1v) is 9.60. The smallest absolute Gasteiger partial charge is 0.240 e. The zero-order chi connectivity index (χ0) is 19.7. The van der Waals surface area contributed by atoms with E-state index in [1.807, 2.05) is 61.5 Å². The van der Waals surface area contributed by atoms with Crippen molar-refractivity contribution < 1.29 is 9.53 Å². The minimum atomic E-state index is -0.274. The van der Waals surface area contributed by atoms with Crippen molar-refractivity contribution in [3.8, 4) is 5.75 Å². The number of pyridine rings is 1. The van der Waals surface area contributed by atoms with Crippen molar-refractivity contribution in [2.75, 3.05) is 6.61 Å². The van der Waals surface area contributed by atoms with E-state index >= 15 is 0 Å². The van der Waals surface area contributed by atoms with Crippen molar-refractivity contribution in [2.24, 2.45) is 5.10 Å². The molecule has 6 heteroatoms. The third-order valence-electron chi connectivity index (χ3n) is 4.78. The molecule has 142 valence electrons. The Bertz CT molecular complexity index is 1070. The number of benzene rings is 2. The van der Waals surface area contributed by atoms with Gasteiger partial charge in [-0.1, -0.05) is 41.9 Å². The van der Waals surface area contributed by atoms with Crippen molar-refractivity contribution in [1.29, 1.82) is 0 Å². The van der Waals surface area contributed by atoms with Gasteiger partial charge in [0.2, 0.25) is 5.91 Å². The summed E-state index contributed by atoms with van der Waals surface area (Å²) in [5.41, 5.74) is 3.42. The Hall–Kier alpha value is -2.92. The summed E-state index contributed by atoms with van der Waals surface area (Å²) in [6.07, 6.45) is 0.591. The molecule has 0 bridgehead atoms. The van der Waals surface area contributed by atoms with Gasteiger partial charge in [0.05, 0.1) is 23.9 Å². The van der Waals surface area contributed by atoms with Crippen LogP contribution >= 0.6 is 11.6 Å². The highest BCUT2D eigenvalue weighted by Gasteiger charge is 2.33. The lowest BCUT2D eigenvalue weighted by Crippen LogP contribution is -2.24. The van der Waals surface area contributed by atoms with E-state index in [9.17, 15) is 4.79 Å². The zero-order valence-electron chi connectivity index (χ0n) is 15.7. The van der Waals surface area contributed by atoms with E-state index in [-0.39, 0.29) is 11.9 Å². The first kappa shape index (κ1) is 18.4. The van der Waals surface area contributed by atoms with Gasteiger partial charge in [-0.3, -0.25) is 4.79 Å². The van der Waals surface area contributed by atoms with Crippen LogP contribution < -0.4 is 4.74 Å². The molecule has 0 aliphatic carbocycles. The molecule has 2 aromatic carbocycles. The van der Waals surface area contributed by atoms with Crippen LogP contribution in [0.15, 0.2) is 59.7 Å². The highest BCUT2D eigenvalue weighted by molar-refractivity contribution is 6.30. The highest BCUT2D eigenvalue weighted by Crippen LogP contribution is 2.37. The second-order valence-electron chi connectivity index (χ2n) is 6.65. The molecule has 5 nitrogen and oxygen atoms in total. The average molecular weight is 394 g/mol. The maximum Gasteiger partial charge on any atom is 0.240 e. The lowest BCUT2D eigenvalue weighted by atomic mass is 9.98. The predicted molar refractivity (Wildman–Crippen MR) is 111 cm³/mol. The van der Waals surface area contributed by atoms with Gasteiger partial charge in [-0.25, -0.2) is 9.99 Å². The summed E-state index contributed by atoms with van der Waals surface area (Å²) in [5.74, 6) is 0.631. The van der Waals surface area contributed by atoms with Gasteiger partial charge >= 0.3 is 0 Å². The molecule has 3 aromatic rings. The molecule has 2 heterocycles. The fourth-order valence-electron chi connectivity index (χ4n) is 3.48. The van der Waals surface area contributed by atoms with Crippen LogP contribution in [0, 0.1) is 0 Å². The third-order valence-corrected chi connectivity index (χ3v) is 5.08. The van der Waals surface area contributed by atoms with Crippen molar-refractivity contribution >= 4 is 34.1 Å². The number of amides is 1. The summed E-state index contributed by atoms with van der Waals surface area (Å²) in [5, 5.41) is 7.40. The van der Waals surface area contributed by atoms with Crippen molar-refractivity contribution in [1.82, 2.24) is 9.99 Å². The number of aromatic nitrogens is 1. The summed E-state index contributed by atoms with van der Waals surface area (Å²) in [6.45, 7) is 4.04. The number of rotatable bonds is 4. The molecule has 4 rings (SSSR count). The molecule has 0 fully saturated rings. The molecule has 0 spiro atoms. The number of nitrogens with zero attached hydrogens (tertiary/aromatic N) is 3. The minimum Gasteiger partial charge on any atom is -0.494 e. The number of halogens is 1. The van der Waals surface area contributed by atoms with Crippen LogP contribution in [-0.2, 0) is 4.79 Å². The molecule has 1 aliphatic heterocycles. The summed E-state index contributed by atoms with van der Waals surface area (Å²) >= 11 is 6.54. The number of hydrogen-bond acceptors (Lipinski definition) is 4. The number of fused-ring (bicyclic) bond motifs is 1. The van der Waals surface area contributed by atoms with Gasteiger partial charge in [0.25, 0.3) is 0 Å². The number of ether oxygens (including phenoxy) is 1. The molecule has 0 saturated carbocycles. The summed E-state index contributed by atoms with van der Waals surface area (Å²) in [7, 11) is 0. The summed E-state index contributed by atoms with van der Waals surface area (Å²) in [4.78, 5) is 16.8. The van der Waals surface area contributed by atoms with E-state index in [1.165, 1.54) is 11.9 Å². The van der Waals surface area contributed by atoms with E-state index in [2.05, 4.69) is 10.1 Å². The van der Waals surface area contributed by atoms with Crippen LogP contribution in [0.2, 0.25) is 5.15 Å². The molecular formula is C22H20ClN3O2. The fraction of sp³-hybridized carbons (Fsp3) is 0.227. The van der Waals surface area contributed by atoms with E-state index in [1.54, 1.807) is 0 Å². The number of carbonyl (C=O) groups excluding carboxylic acids is 1. The Balaban J connectivity index is 1.73. The first-order chi connectivity index (χ1) is 13.6. The van der Waals surface area contributed by atoms with Crippen LogP contribution in [-0.4, -0.2) is 28.2 Å². The van der Waals surface area contributed by atoms with E-state index in [4.69, 9.17) is 16.3 Å². The Morgan fingerprint density at radius 1 is 1.21 bits per heavy atom. The van der Waals surface area contributed by atoms with Gasteiger partial charge < -0.3 is 4.74 Å². The highest BCUT2D eigenvalue weighted by atomic mass is 35.5. The lowest BCUT2D eigenvalue weighted by molar-refractivity contribution is -0.130. The first-order valence-electron chi connectivity index (χ1n) is 9.22. The summed E-state index contributed by atoms with van der Waals surface area (Å²) in [6, 6.07) is 17.3. The zero-order valence-corrected chi connectivity index (χ0v) is 16.5. The predicted octanol–water partition coefficient (Wildman–Crippen LogP) is 4.98. The molecule has 1 aliphatic rings. The van der Waals surface area contributed by atoms with Gasteiger partial charge in [0.1, 0.15) is 10.9 Å². The topological polar surface area (TPSA) is 54.8 Å². The Morgan fingerprint density at radius 2 is 2.00 bits per heavy atom. The van der Waals surface area contributed by atoms with Crippen LogP contribution in [0.1, 0.15) is 37.4 Å². The molecule has 1 atom stereocenters. The maximum absolute atomic E-state index is 12.2. The van der Waals surface area contributed by atoms with Gasteiger partial charge in [-0.2, -0.15) is 5.10 Å². The summed E-state index contributed by atoms with van der Waals surface area (Å²) < 4.78 is 5.54. The molecule has 1 unspecified atom stereocenters. The standard InChI is InChI=1S/C22H20ClN3O2/c1-3-28-17-10-9-16-11-18(22(23)24-19(16)12-17)21-13-20(25-26(21)14(2)27)15-7-5-4-6-8-15/h4-12,21H,3,13H2,1-2H3. The Labute approximate surface area is 168 Å². The Kier molecular flexibility index (Phi) is 5.01. The normalized spacial score (nSPS) is 16.3. The van der Waals surface area contributed by atoms with Gasteiger partial charge in [0.15, 0.2) is 0 Å². The Morgan fingerprint density at radius 3 is 2.71 bits per heavy atom. The van der Waals surface area contributed by atoms with Crippen molar-refractivity contribution in [3.63, 3.8) is 0 Å². The molecule has 0 N–H and O–H groups in total. The second-order valence-corrected chi connectivity index (χ2v) is 7.01. The minimum absolute atomic E-state index is 0.126. The molecular weight excluding hydrogens is 374 g/mol. The second kappa shape index (κ2) is 7.60. The average Bonchev–Trinajstić information content (AvgIpc) is 3.14. The monoisotopic (exact) mass is 393 g/mol. The number of carbonyl (C=O) groups is 1. The SMILES string of the molecule is CCOc1ccc2cc(C3CC(c4ccccc4)=NN3C(C)=O)c(Cl)nc2c1. The molecule has 0 radical (unpaired) electrons. The molecule has 28 heavy (non-hydrogen) atoms. The third kappa shape index (κ3) is 3.45. The van der Waals surface area contributed by atoms with Crippen LogP contribution in [0.3, 0.4) is 0 Å². The van der Waals surface area contributed by atoms with Crippen LogP contribution in [0.5, 0.6) is 5.75 Å². The van der Waals surface area contributed by atoms with Gasteiger partial charge in [-0.05, 0) is 30.7 Å². The van der Waals surface area contributed by atoms with Gasteiger partial charge in [0, 0.05) is 30.4 Å². The van der Waals surface area contributed by atoms with Crippen LogP contribution in [0.25, 0.3) is 10.9 Å². The number of hydrogen-bond donors (Lipinski definition) is 0.